The van der Waals surface area contributed by atoms with Crippen LogP contribution in [0.25, 0.3) is 0 Å². The number of amides is 1. The fourth-order valence-electron chi connectivity index (χ4n) is 2.09. The van der Waals surface area contributed by atoms with Gasteiger partial charge in [0.05, 0.1) is 6.07 Å². The van der Waals surface area contributed by atoms with Crippen molar-refractivity contribution in [2.24, 2.45) is 5.92 Å². The summed E-state index contributed by atoms with van der Waals surface area (Å²) in [5, 5.41) is 9.37. The summed E-state index contributed by atoms with van der Waals surface area (Å²) >= 11 is 0. The molecule has 0 aliphatic heterocycles. The van der Waals surface area contributed by atoms with Crippen LogP contribution in [0.5, 0.6) is 0 Å². The molecule has 0 aliphatic rings. The van der Waals surface area contributed by atoms with Crippen LogP contribution in [0.3, 0.4) is 0 Å². The van der Waals surface area contributed by atoms with Crippen molar-refractivity contribution in [2.45, 2.75) is 46.1 Å². The second kappa shape index (κ2) is 7.09. The molecule has 1 aromatic rings. The Kier molecular flexibility index (Phi) is 5.76. The molecule has 0 aromatic heterocycles. The normalized spacial score (nSPS) is 12.3. The number of carbonyl (C=O) groups is 1. The molecule has 0 heterocycles. The zero-order chi connectivity index (χ0) is 15.3. The van der Waals surface area contributed by atoms with Crippen LogP contribution in [0.15, 0.2) is 24.3 Å². The van der Waals surface area contributed by atoms with E-state index in [2.05, 4.69) is 19.9 Å². The number of rotatable bonds is 5. The second-order valence-electron chi connectivity index (χ2n) is 5.96. The predicted molar refractivity (Wildman–Crippen MR) is 81.1 cm³/mol. The van der Waals surface area contributed by atoms with E-state index in [-0.39, 0.29) is 5.91 Å². The largest absolute Gasteiger partial charge is 0.326 e. The minimum atomic E-state index is -0.512. The van der Waals surface area contributed by atoms with Crippen molar-refractivity contribution < 1.29 is 4.79 Å². The van der Waals surface area contributed by atoms with E-state index in [9.17, 15) is 10.1 Å². The highest BCUT2D eigenvalue weighted by molar-refractivity contribution is 5.77. The van der Waals surface area contributed by atoms with Gasteiger partial charge in [0.1, 0.15) is 6.04 Å². The average Bonchev–Trinajstić information content (AvgIpc) is 2.39. The number of nitrogens with zero attached hydrogens (tertiary/aromatic N) is 2. The Labute approximate surface area is 122 Å². The molecule has 0 aliphatic carbocycles. The Bertz CT molecular complexity index is 483. The van der Waals surface area contributed by atoms with Crippen LogP contribution < -0.4 is 0 Å². The quantitative estimate of drug-likeness (QED) is 0.816. The fourth-order valence-corrected chi connectivity index (χ4v) is 2.09. The predicted octanol–water partition coefficient (Wildman–Crippen LogP) is 3.88. The minimum Gasteiger partial charge on any atom is -0.326 e. The summed E-state index contributed by atoms with van der Waals surface area (Å²) in [6.45, 7) is 8.28. The van der Waals surface area contributed by atoms with Gasteiger partial charge in [-0.15, -0.1) is 0 Å². The second-order valence-corrected chi connectivity index (χ2v) is 5.96. The summed E-state index contributed by atoms with van der Waals surface area (Å²) in [5.74, 6) is 0.775. The topological polar surface area (TPSA) is 44.1 Å². The van der Waals surface area contributed by atoms with Gasteiger partial charge in [0.25, 0.3) is 0 Å². The maximum Gasteiger partial charge on any atom is 0.223 e. The smallest absolute Gasteiger partial charge is 0.223 e. The number of carbonyl (C=O) groups excluding carboxylic acids is 1. The maximum absolute atomic E-state index is 12.1. The van der Waals surface area contributed by atoms with E-state index in [0.29, 0.717) is 18.3 Å². The van der Waals surface area contributed by atoms with Crippen LogP contribution in [0, 0.1) is 17.2 Å². The van der Waals surface area contributed by atoms with E-state index in [1.807, 2.05) is 38.1 Å². The molecule has 108 valence electrons. The highest BCUT2D eigenvalue weighted by Crippen LogP contribution is 2.23. The highest BCUT2D eigenvalue weighted by atomic mass is 16.2. The SMILES string of the molecule is CC(C)CC(=O)N(C)C(C#N)c1ccc(C(C)C)cc1. The Morgan fingerprint density at radius 1 is 1.15 bits per heavy atom. The maximum atomic E-state index is 12.1. The summed E-state index contributed by atoms with van der Waals surface area (Å²) in [7, 11) is 1.70. The third kappa shape index (κ3) is 4.09. The molecule has 1 amide bonds. The molecule has 0 radical (unpaired) electrons. The minimum absolute atomic E-state index is 0.0134. The van der Waals surface area contributed by atoms with E-state index in [4.69, 9.17) is 0 Å². The summed E-state index contributed by atoms with van der Waals surface area (Å²) < 4.78 is 0. The van der Waals surface area contributed by atoms with Crippen LogP contribution in [0.2, 0.25) is 0 Å². The molecule has 3 heteroatoms. The Morgan fingerprint density at radius 3 is 2.05 bits per heavy atom. The van der Waals surface area contributed by atoms with Crippen molar-refractivity contribution in [3.8, 4) is 6.07 Å². The first-order chi connectivity index (χ1) is 9.36. The van der Waals surface area contributed by atoms with E-state index < -0.39 is 6.04 Å². The van der Waals surface area contributed by atoms with Crippen LogP contribution >= 0.6 is 0 Å². The Morgan fingerprint density at radius 2 is 1.65 bits per heavy atom. The van der Waals surface area contributed by atoms with Crippen molar-refractivity contribution >= 4 is 5.91 Å². The Hall–Kier alpha value is -1.82. The summed E-state index contributed by atoms with van der Waals surface area (Å²) in [6, 6.07) is 9.67. The number of hydrogen-bond donors (Lipinski definition) is 0. The van der Waals surface area contributed by atoms with Gasteiger partial charge in [-0.3, -0.25) is 4.79 Å². The molecule has 1 atom stereocenters. The summed E-state index contributed by atoms with van der Waals surface area (Å²) in [4.78, 5) is 13.6. The molecule has 0 saturated carbocycles. The molecule has 0 bridgehead atoms. The first kappa shape index (κ1) is 16.2. The average molecular weight is 272 g/mol. The first-order valence-electron chi connectivity index (χ1n) is 7.12. The Balaban J connectivity index is 2.90. The lowest BCUT2D eigenvalue weighted by Crippen LogP contribution is -2.31. The van der Waals surface area contributed by atoms with Crippen LogP contribution in [-0.2, 0) is 4.79 Å². The molecule has 1 aromatic carbocycles. The van der Waals surface area contributed by atoms with Gasteiger partial charge >= 0.3 is 0 Å². The molecule has 0 N–H and O–H groups in total. The first-order valence-corrected chi connectivity index (χ1v) is 7.12. The van der Waals surface area contributed by atoms with Gasteiger partial charge < -0.3 is 4.90 Å². The van der Waals surface area contributed by atoms with Crippen molar-refractivity contribution in [1.82, 2.24) is 4.90 Å². The van der Waals surface area contributed by atoms with E-state index in [1.54, 1.807) is 11.9 Å². The van der Waals surface area contributed by atoms with Gasteiger partial charge in [0, 0.05) is 13.5 Å². The van der Waals surface area contributed by atoms with Crippen molar-refractivity contribution in [1.29, 1.82) is 5.26 Å². The molecule has 1 unspecified atom stereocenters. The number of hydrogen-bond acceptors (Lipinski definition) is 2. The van der Waals surface area contributed by atoms with Gasteiger partial charge in [-0.05, 0) is 23.0 Å². The monoisotopic (exact) mass is 272 g/mol. The lowest BCUT2D eigenvalue weighted by Gasteiger charge is -2.24. The third-order valence-electron chi connectivity index (χ3n) is 3.40. The fraction of sp³-hybridized carbons (Fsp3) is 0.529. The number of benzene rings is 1. The van der Waals surface area contributed by atoms with Crippen LogP contribution in [0.4, 0.5) is 0 Å². The van der Waals surface area contributed by atoms with Crippen molar-refractivity contribution in [3.63, 3.8) is 0 Å². The summed E-state index contributed by atoms with van der Waals surface area (Å²) in [6.07, 6.45) is 0.471. The molecular weight excluding hydrogens is 248 g/mol. The van der Waals surface area contributed by atoms with Gasteiger partial charge in [-0.25, -0.2) is 0 Å². The van der Waals surface area contributed by atoms with E-state index in [0.717, 1.165) is 5.56 Å². The summed E-state index contributed by atoms with van der Waals surface area (Å²) in [5.41, 5.74) is 2.11. The molecule has 3 nitrogen and oxygen atoms in total. The van der Waals surface area contributed by atoms with Crippen molar-refractivity contribution in [3.05, 3.63) is 35.4 Å². The van der Waals surface area contributed by atoms with Gasteiger partial charge in [0.2, 0.25) is 5.91 Å². The van der Waals surface area contributed by atoms with Gasteiger partial charge in [0.15, 0.2) is 0 Å². The van der Waals surface area contributed by atoms with Crippen LogP contribution in [0.1, 0.15) is 57.2 Å². The van der Waals surface area contributed by atoms with E-state index in [1.165, 1.54) is 5.56 Å². The standard InChI is InChI=1S/C17H24N2O/c1-12(2)10-17(20)19(5)16(11-18)15-8-6-14(7-9-15)13(3)4/h6-9,12-13,16H,10H2,1-5H3. The zero-order valence-corrected chi connectivity index (χ0v) is 13.1. The number of nitriles is 1. The van der Waals surface area contributed by atoms with Crippen molar-refractivity contribution in [2.75, 3.05) is 7.05 Å². The molecule has 0 fully saturated rings. The molecule has 20 heavy (non-hydrogen) atoms. The zero-order valence-electron chi connectivity index (χ0n) is 13.1. The molecule has 0 spiro atoms. The third-order valence-corrected chi connectivity index (χ3v) is 3.40. The highest BCUT2D eigenvalue weighted by Gasteiger charge is 2.21. The molecule has 1 rings (SSSR count). The van der Waals surface area contributed by atoms with Gasteiger partial charge in [-0.1, -0.05) is 52.0 Å². The van der Waals surface area contributed by atoms with E-state index >= 15 is 0 Å². The lowest BCUT2D eigenvalue weighted by atomic mass is 9.98. The molecular formula is C17H24N2O. The molecule has 0 saturated heterocycles. The van der Waals surface area contributed by atoms with Gasteiger partial charge in [-0.2, -0.15) is 5.26 Å². The lowest BCUT2D eigenvalue weighted by molar-refractivity contribution is -0.131. The van der Waals surface area contributed by atoms with Crippen LogP contribution in [-0.4, -0.2) is 17.9 Å².